The molecule has 1 aliphatic heterocycles. The van der Waals surface area contributed by atoms with E-state index in [1.54, 1.807) is 12.1 Å². The molecule has 2 rings (SSSR count). The zero-order valence-corrected chi connectivity index (χ0v) is 11.6. The molecule has 0 atom stereocenters. The number of anilines is 1. The van der Waals surface area contributed by atoms with Crippen LogP contribution in [0.5, 0.6) is 0 Å². The Hall–Kier alpha value is -0.930. The van der Waals surface area contributed by atoms with E-state index in [0.29, 0.717) is 21.3 Å². The molecule has 0 aromatic heterocycles. The maximum atomic E-state index is 12.3. The minimum atomic E-state index is -0.0132. The first-order chi connectivity index (χ1) is 8.59. The van der Waals surface area contributed by atoms with Crippen LogP contribution < -0.4 is 5.73 Å². The van der Waals surface area contributed by atoms with Gasteiger partial charge in [-0.25, -0.2) is 0 Å². The van der Waals surface area contributed by atoms with Gasteiger partial charge in [-0.05, 0) is 25.0 Å². The van der Waals surface area contributed by atoms with Crippen molar-refractivity contribution in [1.82, 2.24) is 4.90 Å². The van der Waals surface area contributed by atoms with Gasteiger partial charge in [0.2, 0.25) is 0 Å². The molecular weight excluding hydrogens is 271 g/mol. The zero-order chi connectivity index (χ0) is 13.1. The Morgan fingerprint density at radius 2 is 1.56 bits per heavy atom. The van der Waals surface area contributed by atoms with E-state index < -0.39 is 0 Å². The average molecular weight is 287 g/mol. The van der Waals surface area contributed by atoms with Crippen LogP contribution in [0.3, 0.4) is 0 Å². The minimum Gasteiger partial charge on any atom is -0.396 e. The second-order valence-electron chi connectivity index (χ2n) is 4.56. The fourth-order valence-corrected chi connectivity index (χ4v) is 2.65. The number of halogens is 2. The third-order valence-corrected chi connectivity index (χ3v) is 3.84. The summed E-state index contributed by atoms with van der Waals surface area (Å²) in [4.78, 5) is 14.2. The number of rotatable bonds is 1. The van der Waals surface area contributed by atoms with Crippen LogP contribution in [0, 0.1) is 0 Å². The highest BCUT2D eigenvalue weighted by Crippen LogP contribution is 2.29. The van der Waals surface area contributed by atoms with Gasteiger partial charge in [0.1, 0.15) is 0 Å². The Kier molecular flexibility index (Phi) is 4.36. The van der Waals surface area contributed by atoms with Gasteiger partial charge in [0.15, 0.2) is 0 Å². The van der Waals surface area contributed by atoms with Gasteiger partial charge in [0.05, 0.1) is 15.7 Å². The Bertz CT molecular complexity index is 431. The topological polar surface area (TPSA) is 46.3 Å². The predicted octanol–water partition coefficient (Wildman–Crippen LogP) is 3.59. The number of carbonyl (C=O) groups is 1. The highest BCUT2D eigenvalue weighted by Gasteiger charge is 2.19. The molecule has 0 aliphatic carbocycles. The standard InChI is InChI=1S/C13H16Cl2N2O/c14-10-7-9(8-11(15)12(10)16)13(18)17-5-3-1-2-4-6-17/h7-8H,1-6,16H2. The summed E-state index contributed by atoms with van der Waals surface area (Å²) in [6.45, 7) is 1.61. The number of nitrogens with zero attached hydrogens (tertiary/aromatic N) is 1. The summed E-state index contributed by atoms with van der Waals surface area (Å²) in [5.74, 6) is -0.0132. The molecule has 0 bridgehead atoms. The third-order valence-electron chi connectivity index (χ3n) is 3.22. The van der Waals surface area contributed by atoms with Crippen molar-refractivity contribution < 1.29 is 4.79 Å². The molecule has 1 aromatic rings. The summed E-state index contributed by atoms with van der Waals surface area (Å²) >= 11 is 11.9. The van der Waals surface area contributed by atoms with Crippen LogP contribution in [0.4, 0.5) is 5.69 Å². The van der Waals surface area contributed by atoms with Gasteiger partial charge >= 0.3 is 0 Å². The van der Waals surface area contributed by atoms with Crippen LogP contribution in [0.2, 0.25) is 10.0 Å². The minimum absolute atomic E-state index is 0.0132. The highest BCUT2D eigenvalue weighted by atomic mass is 35.5. The second-order valence-corrected chi connectivity index (χ2v) is 5.37. The Labute approximate surface area is 117 Å². The number of nitrogen functional groups attached to an aromatic ring is 1. The van der Waals surface area contributed by atoms with Crippen molar-refractivity contribution in [2.75, 3.05) is 18.8 Å². The summed E-state index contributed by atoms with van der Waals surface area (Å²) < 4.78 is 0. The van der Waals surface area contributed by atoms with Crippen LogP contribution in [0.1, 0.15) is 36.0 Å². The van der Waals surface area contributed by atoms with Crippen molar-refractivity contribution in [1.29, 1.82) is 0 Å². The van der Waals surface area contributed by atoms with E-state index in [2.05, 4.69) is 0 Å². The molecule has 1 heterocycles. The second kappa shape index (κ2) is 5.81. The molecular formula is C13H16Cl2N2O. The smallest absolute Gasteiger partial charge is 0.253 e. The zero-order valence-electron chi connectivity index (χ0n) is 10.1. The fourth-order valence-electron chi connectivity index (χ4n) is 2.16. The van der Waals surface area contributed by atoms with Crippen LogP contribution >= 0.6 is 23.2 Å². The molecule has 1 aromatic carbocycles. The van der Waals surface area contributed by atoms with Gasteiger partial charge in [-0.3, -0.25) is 4.79 Å². The number of likely N-dealkylation sites (tertiary alicyclic amines) is 1. The van der Waals surface area contributed by atoms with Crippen molar-refractivity contribution >= 4 is 34.8 Å². The van der Waals surface area contributed by atoms with Crippen molar-refractivity contribution in [2.24, 2.45) is 0 Å². The maximum absolute atomic E-state index is 12.3. The quantitative estimate of drug-likeness (QED) is 0.802. The van der Waals surface area contributed by atoms with E-state index >= 15 is 0 Å². The number of amides is 1. The summed E-state index contributed by atoms with van der Waals surface area (Å²) in [5.41, 5.74) is 6.51. The molecule has 18 heavy (non-hydrogen) atoms. The van der Waals surface area contributed by atoms with Crippen molar-refractivity contribution in [3.05, 3.63) is 27.7 Å². The van der Waals surface area contributed by atoms with Crippen molar-refractivity contribution in [3.8, 4) is 0 Å². The monoisotopic (exact) mass is 286 g/mol. The van der Waals surface area contributed by atoms with Gasteiger partial charge in [-0.15, -0.1) is 0 Å². The summed E-state index contributed by atoms with van der Waals surface area (Å²) in [5, 5.41) is 0.668. The molecule has 0 spiro atoms. The molecule has 0 saturated carbocycles. The number of carbonyl (C=O) groups excluding carboxylic acids is 1. The van der Waals surface area contributed by atoms with Crippen molar-refractivity contribution in [2.45, 2.75) is 25.7 Å². The first kappa shape index (κ1) is 13.5. The summed E-state index contributed by atoms with van der Waals surface area (Å²) in [6, 6.07) is 3.19. The third kappa shape index (κ3) is 2.90. The van der Waals surface area contributed by atoms with Crippen molar-refractivity contribution in [3.63, 3.8) is 0 Å². The number of benzene rings is 1. The largest absolute Gasteiger partial charge is 0.396 e. The van der Waals surface area contributed by atoms with Crippen LogP contribution in [-0.4, -0.2) is 23.9 Å². The van der Waals surface area contributed by atoms with Crippen LogP contribution in [0.25, 0.3) is 0 Å². The lowest BCUT2D eigenvalue weighted by Crippen LogP contribution is -2.31. The molecule has 3 nitrogen and oxygen atoms in total. The van der Waals surface area contributed by atoms with E-state index in [-0.39, 0.29) is 5.91 Å². The molecule has 98 valence electrons. The Morgan fingerprint density at radius 3 is 2.06 bits per heavy atom. The molecule has 1 aliphatic rings. The Morgan fingerprint density at radius 1 is 1.06 bits per heavy atom. The number of hydrogen-bond acceptors (Lipinski definition) is 2. The van der Waals surface area contributed by atoms with E-state index in [1.165, 1.54) is 12.8 Å². The lowest BCUT2D eigenvalue weighted by molar-refractivity contribution is 0.0761. The molecule has 1 saturated heterocycles. The van der Waals surface area contributed by atoms with Gasteiger partial charge < -0.3 is 10.6 Å². The van der Waals surface area contributed by atoms with E-state index in [9.17, 15) is 4.79 Å². The molecule has 1 amide bonds. The number of hydrogen-bond donors (Lipinski definition) is 1. The lowest BCUT2D eigenvalue weighted by atomic mass is 10.1. The van der Waals surface area contributed by atoms with Gasteiger partial charge in [0, 0.05) is 18.7 Å². The van der Waals surface area contributed by atoms with E-state index in [0.717, 1.165) is 25.9 Å². The predicted molar refractivity (Wildman–Crippen MR) is 75.2 cm³/mol. The summed E-state index contributed by atoms with van der Waals surface area (Å²) in [7, 11) is 0. The first-order valence-corrected chi connectivity index (χ1v) is 6.89. The molecule has 5 heteroatoms. The molecule has 0 radical (unpaired) electrons. The highest BCUT2D eigenvalue weighted by molar-refractivity contribution is 6.39. The van der Waals surface area contributed by atoms with E-state index in [4.69, 9.17) is 28.9 Å². The van der Waals surface area contributed by atoms with E-state index in [1.807, 2.05) is 4.90 Å². The SMILES string of the molecule is Nc1c(Cl)cc(C(=O)N2CCCCCC2)cc1Cl. The average Bonchev–Trinajstić information content (AvgIpc) is 2.63. The first-order valence-electron chi connectivity index (χ1n) is 6.13. The van der Waals surface area contributed by atoms with Gasteiger partial charge in [0.25, 0.3) is 5.91 Å². The molecule has 1 fully saturated rings. The Balaban J connectivity index is 2.22. The van der Waals surface area contributed by atoms with Crippen LogP contribution in [-0.2, 0) is 0 Å². The summed E-state index contributed by atoms with van der Waals surface area (Å²) in [6.07, 6.45) is 4.49. The lowest BCUT2D eigenvalue weighted by Gasteiger charge is -2.20. The molecule has 2 N–H and O–H groups in total. The maximum Gasteiger partial charge on any atom is 0.253 e. The fraction of sp³-hybridized carbons (Fsp3) is 0.462. The molecule has 0 unspecified atom stereocenters. The normalized spacial score (nSPS) is 16.4. The van der Waals surface area contributed by atoms with Gasteiger partial charge in [-0.2, -0.15) is 0 Å². The number of nitrogens with two attached hydrogens (primary N) is 1. The van der Waals surface area contributed by atoms with Crippen LogP contribution in [0.15, 0.2) is 12.1 Å². The van der Waals surface area contributed by atoms with Gasteiger partial charge in [-0.1, -0.05) is 36.0 Å².